The third-order valence-corrected chi connectivity index (χ3v) is 4.83. The van der Waals surface area contributed by atoms with E-state index in [0.29, 0.717) is 19.3 Å². The van der Waals surface area contributed by atoms with Crippen molar-refractivity contribution in [3.05, 3.63) is 29.3 Å². The molecule has 1 aliphatic heterocycles. The number of rotatable bonds is 5. The van der Waals surface area contributed by atoms with Crippen LogP contribution in [0.1, 0.15) is 48.5 Å². The first-order valence-electron chi connectivity index (χ1n) is 8.67. The molecule has 1 unspecified atom stereocenters. The lowest BCUT2D eigenvalue weighted by molar-refractivity contribution is -0.142. The minimum absolute atomic E-state index is 0.00870. The molecule has 1 saturated carbocycles. The number of carboxylic acids is 1. The van der Waals surface area contributed by atoms with Crippen LogP contribution in [0.5, 0.6) is 0 Å². The summed E-state index contributed by atoms with van der Waals surface area (Å²) in [4.78, 5) is 38.5. The Morgan fingerprint density at radius 2 is 1.93 bits per heavy atom. The summed E-state index contributed by atoms with van der Waals surface area (Å²) in [6.07, 6.45) is -2.71. The zero-order valence-electron chi connectivity index (χ0n) is 14.6. The van der Waals surface area contributed by atoms with Gasteiger partial charge < -0.3 is 14.9 Å². The number of hydrogen-bond donors (Lipinski definition) is 1. The molecular weight excluding hydrogens is 365 g/mol. The SMILES string of the molecule is CC(C(=O)O)N(C(=O)c1cc(N2CCCC2=O)cc(C(F)(F)F)c1)C1CC1. The molecule has 0 aromatic heterocycles. The van der Waals surface area contributed by atoms with Gasteiger partial charge in [0.2, 0.25) is 5.91 Å². The maximum absolute atomic E-state index is 13.3. The molecule has 1 aliphatic carbocycles. The Bertz CT molecular complexity index is 789. The van der Waals surface area contributed by atoms with Crippen molar-refractivity contribution in [3.63, 3.8) is 0 Å². The number of carbonyl (C=O) groups excluding carboxylic acids is 2. The van der Waals surface area contributed by atoms with Crippen molar-refractivity contribution < 1.29 is 32.7 Å². The van der Waals surface area contributed by atoms with E-state index in [1.807, 2.05) is 0 Å². The van der Waals surface area contributed by atoms with Gasteiger partial charge in [-0.15, -0.1) is 0 Å². The molecule has 2 fully saturated rings. The Morgan fingerprint density at radius 1 is 1.26 bits per heavy atom. The highest BCUT2D eigenvalue weighted by Gasteiger charge is 2.40. The van der Waals surface area contributed by atoms with E-state index in [2.05, 4.69) is 0 Å². The molecule has 1 heterocycles. The maximum atomic E-state index is 13.3. The summed E-state index contributed by atoms with van der Waals surface area (Å²) in [5, 5.41) is 9.24. The predicted molar refractivity (Wildman–Crippen MR) is 89.3 cm³/mol. The average molecular weight is 384 g/mol. The molecule has 2 amide bonds. The lowest BCUT2D eigenvalue weighted by atomic mass is 10.1. The van der Waals surface area contributed by atoms with E-state index < -0.39 is 29.7 Å². The van der Waals surface area contributed by atoms with Crippen LogP contribution < -0.4 is 4.90 Å². The van der Waals surface area contributed by atoms with Gasteiger partial charge in [-0.1, -0.05) is 0 Å². The Balaban J connectivity index is 2.03. The van der Waals surface area contributed by atoms with Gasteiger partial charge in [-0.3, -0.25) is 9.59 Å². The van der Waals surface area contributed by atoms with Gasteiger partial charge in [0.1, 0.15) is 6.04 Å². The van der Waals surface area contributed by atoms with Crippen LogP contribution in [-0.4, -0.2) is 46.4 Å². The molecule has 9 heteroatoms. The van der Waals surface area contributed by atoms with Gasteiger partial charge in [0, 0.05) is 30.3 Å². The Labute approximate surface area is 153 Å². The number of carbonyl (C=O) groups is 3. The van der Waals surface area contributed by atoms with Crippen LogP contribution in [0.2, 0.25) is 0 Å². The Kier molecular flexibility index (Phi) is 4.88. The maximum Gasteiger partial charge on any atom is 0.416 e. The molecule has 0 spiro atoms. The minimum atomic E-state index is -4.70. The topological polar surface area (TPSA) is 77.9 Å². The number of benzene rings is 1. The van der Waals surface area contributed by atoms with E-state index in [9.17, 15) is 32.7 Å². The van der Waals surface area contributed by atoms with E-state index in [4.69, 9.17) is 0 Å². The largest absolute Gasteiger partial charge is 0.480 e. The highest BCUT2D eigenvalue weighted by atomic mass is 19.4. The van der Waals surface area contributed by atoms with E-state index in [-0.39, 0.29) is 36.2 Å². The van der Waals surface area contributed by atoms with Gasteiger partial charge >= 0.3 is 12.1 Å². The highest BCUT2D eigenvalue weighted by Crippen LogP contribution is 2.36. The fraction of sp³-hybridized carbons (Fsp3) is 0.500. The van der Waals surface area contributed by atoms with Crippen LogP contribution in [0, 0.1) is 0 Å². The number of amides is 2. The predicted octanol–water partition coefficient (Wildman–Crippen LogP) is 2.91. The van der Waals surface area contributed by atoms with E-state index in [1.165, 1.54) is 17.9 Å². The van der Waals surface area contributed by atoms with Crippen molar-refractivity contribution in [2.24, 2.45) is 0 Å². The number of hydrogen-bond acceptors (Lipinski definition) is 3. The van der Waals surface area contributed by atoms with Gasteiger partial charge in [-0.05, 0) is 44.4 Å². The lowest BCUT2D eigenvalue weighted by Crippen LogP contribution is -2.44. The second kappa shape index (κ2) is 6.86. The fourth-order valence-electron chi connectivity index (χ4n) is 3.25. The molecule has 0 radical (unpaired) electrons. The number of aliphatic carboxylic acids is 1. The van der Waals surface area contributed by atoms with Crippen molar-refractivity contribution in [1.29, 1.82) is 0 Å². The first kappa shape index (κ1) is 19.2. The van der Waals surface area contributed by atoms with Gasteiger partial charge in [-0.2, -0.15) is 13.2 Å². The number of anilines is 1. The molecule has 27 heavy (non-hydrogen) atoms. The number of halogens is 3. The van der Waals surface area contributed by atoms with Crippen molar-refractivity contribution in [3.8, 4) is 0 Å². The third kappa shape index (κ3) is 3.91. The summed E-state index contributed by atoms with van der Waals surface area (Å²) >= 11 is 0. The molecule has 6 nitrogen and oxygen atoms in total. The van der Waals surface area contributed by atoms with Crippen LogP contribution in [-0.2, 0) is 15.8 Å². The monoisotopic (exact) mass is 384 g/mol. The fourth-order valence-corrected chi connectivity index (χ4v) is 3.25. The van der Waals surface area contributed by atoms with Crippen molar-refractivity contribution in [2.45, 2.75) is 50.9 Å². The van der Waals surface area contributed by atoms with E-state index in [1.54, 1.807) is 0 Å². The summed E-state index contributed by atoms with van der Waals surface area (Å²) in [6.45, 7) is 1.61. The second-order valence-electron chi connectivity index (χ2n) is 6.87. The molecule has 1 saturated heterocycles. The van der Waals surface area contributed by atoms with E-state index >= 15 is 0 Å². The molecule has 0 bridgehead atoms. The number of nitrogens with zero attached hydrogens (tertiary/aromatic N) is 2. The summed E-state index contributed by atoms with van der Waals surface area (Å²) in [5.74, 6) is -2.30. The molecule has 1 aromatic rings. The molecule has 146 valence electrons. The zero-order chi connectivity index (χ0) is 19.9. The normalized spacial score (nSPS) is 18.5. The average Bonchev–Trinajstić information content (AvgIpc) is 3.33. The smallest absolute Gasteiger partial charge is 0.416 e. The van der Waals surface area contributed by atoms with E-state index in [0.717, 1.165) is 17.0 Å². The molecule has 1 N–H and O–H groups in total. The Hall–Kier alpha value is -2.58. The minimum Gasteiger partial charge on any atom is -0.480 e. The first-order valence-corrected chi connectivity index (χ1v) is 8.67. The standard InChI is InChI=1S/C18H19F3N2O4/c1-10(17(26)27)23(13-4-5-13)16(25)11-7-12(18(19,20)21)9-14(8-11)22-6-2-3-15(22)24/h7-10,13H,2-6H2,1H3,(H,26,27). The molecule has 3 rings (SSSR count). The third-order valence-electron chi connectivity index (χ3n) is 4.83. The van der Waals surface area contributed by atoms with Gasteiger partial charge in [0.15, 0.2) is 0 Å². The van der Waals surface area contributed by atoms with Crippen LogP contribution in [0.3, 0.4) is 0 Å². The summed E-state index contributed by atoms with van der Waals surface area (Å²) < 4.78 is 40.0. The first-order chi connectivity index (χ1) is 12.6. The van der Waals surface area contributed by atoms with Crippen molar-refractivity contribution in [1.82, 2.24) is 4.90 Å². The Morgan fingerprint density at radius 3 is 2.41 bits per heavy atom. The number of carboxylic acid groups (broad SMARTS) is 1. The van der Waals surface area contributed by atoms with Gasteiger partial charge in [0.05, 0.1) is 5.56 Å². The summed E-state index contributed by atoms with van der Waals surface area (Å²) in [7, 11) is 0. The van der Waals surface area contributed by atoms with Crippen molar-refractivity contribution >= 4 is 23.5 Å². The van der Waals surface area contributed by atoms with Crippen LogP contribution in [0.25, 0.3) is 0 Å². The summed E-state index contributed by atoms with van der Waals surface area (Å²) in [6, 6.07) is 1.36. The second-order valence-corrected chi connectivity index (χ2v) is 6.87. The molecule has 2 aliphatic rings. The van der Waals surface area contributed by atoms with Crippen LogP contribution in [0.4, 0.5) is 18.9 Å². The van der Waals surface area contributed by atoms with Crippen LogP contribution >= 0.6 is 0 Å². The molecule has 1 atom stereocenters. The van der Waals surface area contributed by atoms with Crippen molar-refractivity contribution in [2.75, 3.05) is 11.4 Å². The summed E-state index contributed by atoms with van der Waals surface area (Å²) in [5.41, 5.74) is -1.30. The quantitative estimate of drug-likeness (QED) is 0.847. The number of alkyl halides is 3. The van der Waals surface area contributed by atoms with Gasteiger partial charge in [0.25, 0.3) is 5.91 Å². The van der Waals surface area contributed by atoms with Crippen LogP contribution in [0.15, 0.2) is 18.2 Å². The molecular formula is C18H19F3N2O4. The van der Waals surface area contributed by atoms with Gasteiger partial charge in [-0.25, -0.2) is 4.79 Å². The lowest BCUT2D eigenvalue weighted by Gasteiger charge is -2.27. The molecule has 1 aromatic carbocycles. The highest BCUT2D eigenvalue weighted by molar-refractivity contribution is 6.00. The zero-order valence-corrected chi connectivity index (χ0v) is 14.6.